The number of hydrogen-bond donors (Lipinski definition) is 1. The maximum atomic E-state index is 13.5. The van der Waals surface area contributed by atoms with Crippen molar-refractivity contribution in [3.05, 3.63) is 95.3 Å². The summed E-state index contributed by atoms with van der Waals surface area (Å²) >= 11 is 0. The van der Waals surface area contributed by atoms with E-state index in [-0.39, 0.29) is 24.0 Å². The van der Waals surface area contributed by atoms with E-state index in [0.29, 0.717) is 36.4 Å². The third-order valence-electron chi connectivity index (χ3n) is 5.46. The molecule has 34 heavy (non-hydrogen) atoms. The fraction of sp³-hybridized carbons (Fsp3) is 0.200. The summed E-state index contributed by atoms with van der Waals surface area (Å²) < 4.78 is 51.7. The molecule has 1 saturated heterocycles. The van der Waals surface area contributed by atoms with Gasteiger partial charge in [-0.3, -0.25) is 9.69 Å². The predicted octanol–water partition coefficient (Wildman–Crippen LogP) is 5.93. The van der Waals surface area contributed by atoms with Gasteiger partial charge in [-0.05, 0) is 66.6 Å². The van der Waals surface area contributed by atoms with E-state index in [1.165, 1.54) is 12.1 Å². The molecule has 0 aliphatic carbocycles. The van der Waals surface area contributed by atoms with Crippen molar-refractivity contribution in [2.75, 3.05) is 23.3 Å². The minimum absolute atomic E-state index is 0.0775. The van der Waals surface area contributed by atoms with E-state index < -0.39 is 17.6 Å². The number of urea groups is 1. The van der Waals surface area contributed by atoms with Crippen LogP contribution in [0.25, 0.3) is 0 Å². The van der Waals surface area contributed by atoms with E-state index in [1.807, 2.05) is 0 Å². The average molecular weight is 471 g/mol. The molecule has 0 saturated carbocycles. The number of hydrogen-bond acceptors (Lipinski definition) is 2. The van der Waals surface area contributed by atoms with Gasteiger partial charge in [0.1, 0.15) is 5.82 Å². The molecule has 1 aliphatic rings. The van der Waals surface area contributed by atoms with Crippen molar-refractivity contribution in [1.29, 1.82) is 0 Å². The Hall–Kier alpha value is -3.88. The van der Waals surface area contributed by atoms with Crippen molar-refractivity contribution < 1.29 is 27.2 Å². The van der Waals surface area contributed by atoms with Crippen molar-refractivity contribution in [3.63, 3.8) is 0 Å². The van der Waals surface area contributed by atoms with Crippen molar-refractivity contribution in [3.8, 4) is 0 Å². The van der Waals surface area contributed by atoms with Crippen molar-refractivity contribution >= 4 is 23.3 Å². The van der Waals surface area contributed by atoms with Crippen LogP contribution in [0.2, 0.25) is 0 Å². The lowest BCUT2D eigenvalue weighted by molar-refractivity contribution is -0.137. The normalized spacial score (nSPS) is 14.3. The molecule has 1 fully saturated rings. The fourth-order valence-corrected chi connectivity index (χ4v) is 3.79. The number of carbonyl (C=O) groups is 2. The van der Waals surface area contributed by atoms with Gasteiger partial charge in [0, 0.05) is 36.6 Å². The molecule has 1 aliphatic heterocycles. The molecule has 0 radical (unpaired) electrons. The van der Waals surface area contributed by atoms with Crippen molar-refractivity contribution in [2.24, 2.45) is 0 Å². The highest BCUT2D eigenvalue weighted by molar-refractivity contribution is 6.04. The van der Waals surface area contributed by atoms with Crippen LogP contribution >= 0.6 is 0 Å². The first kappa shape index (κ1) is 23.3. The van der Waals surface area contributed by atoms with E-state index in [9.17, 15) is 27.2 Å². The number of rotatable bonds is 5. The summed E-state index contributed by atoms with van der Waals surface area (Å²) in [7, 11) is 0. The molecule has 5 nitrogen and oxygen atoms in total. The highest BCUT2D eigenvalue weighted by atomic mass is 19.4. The van der Waals surface area contributed by atoms with Gasteiger partial charge >= 0.3 is 12.2 Å². The molecule has 3 aromatic rings. The highest BCUT2D eigenvalue weighted by Gasteiger charge is 2.30. The molecule has 0 aromatic heterocycles. The van der Waals surface area contributed by atoms with E-state index >= 15 is 0 Å². The quantitative estimate of drug-likeness (QED) is 0.469. The van der Waals surface area contributed by atoms with Gasteiger partial charge in [-0.25, -0.2) is 9.18 Å². The smallest absolute Gasteiger partial charge is 0.322 e. The van der Waals surface area contributed by atoms with E-state index in [0.717, 1.165) is 24.3 Å². The van der Waals surface area contributed by atoms with Crippen LogP contribution in [0.1, 0.15) is 27.9 Å². The molecule has 0 spiro atoms. The maximum Gasteiger partial charge on any atom is 0.416 e. The van der Waals surface area contributed by atoms with Crippen LogP contribution in [0.4, 0.5) is 33.7 Å². The van der Waals surface area contributed by atoms with Gasteiger partial charge in [-0.2, -0.15) is 13.2 Å². The fourth-order valence-electron chi connectivity index (χ4n) is 3.79. The summed E-state index contributed by atoms with van der Waals surface area (Å²) in [5.41, 5.74) is 0.899. The Morgan fingerprint density at radius 2 is 1.68 bits per heavy atom. The largest absolute Gasteiger partial charge is 0.416 e. The molecular formula is C25H21F4N3O2. The molecule has 9 heteroatoms. The van der Waals surface area contributed by atoms with Gasteiger partial charge in [0.25, 0.3) is 5.91 Å². The molecule has 0 bridgehead atoms. The van der Waals surface area contributed by atoms with Gasteiger partial charge in [0.2, 0.25) is 0 Å². The van der Waals surface area contributed by atoms with Crippen LogP contribution in [-0.2, 0) is 12.7 Å². The molecule has 0 unspecified atom stereocenters. The molecular weight excluding hydrogens is 450 g/mol. The first-order valence-corrected chi connectivity index (χ1v) is 10.6. The van der Waals surface area contributed by atoms with Crippen LogP contribution < -0.4 is 10.2 Å². The zero-order valence-electron chi connectivity index (χ0n) is 18.0. The van der Waals surface area contributed by atoms with E-state index in [2.05, 4.69) is 5.32 Å². The standard InChI is InChI=1S/C25H21F4N3O2/c26-20-5-1-4-17(14-20)16-31-12-3-13-32(24(31)34)22-7-2-6-21(15-22)30-23(33)18-8-10-19(11-9-18)25(27,28)29/h1-2,4-11,14-15H,3,12-13,16H2,(H,30,33). The zero-order chi connectivity index (χ0) is 24.3. The minimum Gasteiger partial charge on any atom is -0.322 e. The predicted molar refractivity (Wildman–Crippen MR) is 120 cm³/mol. The maximum absolute atomic E-state index is 13.5. The number of benzene rings is 3. The summed E-state index contributed by atoms with van der Waals surface area (Å²) in [6.07, 6.45) is -3.77. The number of amides is 3. The SMILES string of the molecule is O=C(Nc1cccc(N2CCCN(Cc3cccc(F)c3)C2=O)c1)c1ccc(C(F)(F)F)cc1. The second-order valence-corrected chi connectivity index (χ2v) is 7.92. The second-order valence-electron chi connectivity index (χ2n) is 7.92. The van der Waals surface area contributed by atoms with Gasteiger partial charge < -0.3 is 10.2 Å². The highest BCUT2D eigenvalue weighted by Crippen LogP contribution is 2.29. The lowest BCUT2D eigenvalue weighted by atomic mass is 10.1. The third-order valence-corrected chi connectivity index (χ3v) is 5.46. The van der Waals surface area contributed by atoms with Gasteiger partial charge in [0.05, 0.1) is 5.56 Å². The lowest BCUT2D eigenvalue weighted by Gasteiger charge is -2.36. The van der Waals surface area contributed by atoms with Crippen LogP contribution in [0.3, 0.4) is 0 Å². The molecule has 3 amide bonds. The first-order chi connectivity index (χ1) is 16.2. The lowest BCUT2D eigenvalue weighted by Crippen LogP contribution is -2.49. The van der Waals surface area contributed by atoms with E-state index in [4.69, 9.17) is 0 Å². The van der Waals surface area contributed by atoms with Gasteiger partial charge in [0.15, 0.2) is 0 Å². The molecule has 1 heterocycles. The number of nitrogens with one attached hydrogen (secondary N) is 1. The Morgan fingerprint density at radius 3 is 2.38 bits per heavy atom. The average Bonchev–Trinajstić information content (AvgIpc) is 2.80. The Labute approximate surface area is 193 Å². The first-order valence-electron chi connectivity index (χ1n) is 10.6. The third kappa shape index (κ3) is 5.36. The number of halogens is 4. The Balaban J connectivity index is 1.46. The molecule has 3 aromatic carbocycles. The van der Waals surface area contributed by atoms with Crippen LogP contribution in [0, 0.1) is 5.82 Å². The minimum atomic E-state index is -4.48. The van der Waals surface area contributed by atoms with Gasteiger partial charge in [-0.15, -0.1) is 0 Å². The molecule has 4 rings (SSSR count). The Bertz CT molecular complexity index is 1200. The number of anilines is 2. The van der Waals surface area contributed by atoms with Crippen LogP contribution in [0.15, 0.2) is 72.8 Å². The zero-order valence-corrected chi connectivity index (χ0v) is 18.0. The summed E-state index contributed by atoms with van der Waals surface area (Å²) in [6.45, 7) is 1.29. The van der Waals surface area contributed by atoms with E-state index in [1.54, 1.807) is 46.2 Å². The molecule has 176 valence electrons. The number of alkyl halides is 3. The summed E-state index contributed by atoms with van der Waals surface area (Å²) in [5.74, 6) is -0.932. The molecule has 0 atom stereocenters. The Morgan fingerprint density at radius 1 is 0.941 bits per heavy atom. The molecule has 1 N–H and O–H groups in total. The Kier molecular flexibility index (Phi) is 6.54. The number of nitrogens with zero attached hydrogens (tertiary/aromatic N) is 2. The number of carbonyl (C=O) groups excluding carboxylic acids is 2. The summed E-state index contributed by atoms with van der Waals surface area (Å²) in [6, 6.07) is 16.5. The topological polar surface area (TPSA) is 52.7 Å². The van der Waals surface area contributed by atoms with Crippen molar-refractivity contribution in [2.45, 2.75) is 19.1 Å². The van der Waals surface area contributed by atoms with Crippen molar-refractivity contribution in [1.82, 2.24) is 4.90 Å². The van der Waals surface area contributed by atoms with Crippen LogP contribution in [0.5, 0.6) is 0 Å². The van der Waals surface area contributed by atoms with Crippen LogP contribution in [-0.4, -0.2) is 29.9 Å². The monoisotopic (exact) mass is 471 g/mol. The second kappa shape index (κ2) is 9.54. The van der Waals surface area contributed by atoms with Gasteiger partial charge in [-0.1, -0.05) is 18.2 Å². The summed E-state index contributed by atoms with van der Waals surface area (Å²) in [5, 5.41) is 2.65. The summed E-state index contributed by atoms with van der Waals surface area (Å²) in [4.78, 5) is 28.8.